The third kappa shape index (κ3) is 35.5. The minimum absolute atomic E-state index is 0.226. The highest BCUT2D eigenvalue weighted by Gasteiger charge is 2.53. The standard InChI is InChI=1S/C72H131NO18/c1-3-5-7-9-11-13-15-17-19-21-22-23-24-25-26-27-28-29-30-31-32-34-35-37-39-41-43-45-47-49-56(77)55(73-60(78)50-48-46-44-42-40-38-36-33-20-18-16-14-12-10-8-6-4-2)54-86-70-66(84)63(81)68(58(52-75)88-70)91-72-67(85)64(82)69(59(53-76)89-72)90-71-65(83)62(80)61(79)57(51-74)87-71/h12,14,18,20,39,41,47,49,55-59,61-72,74-77,79-85H,3-11,13,15-17,19,21-38,40,42-46,48,50-54H2,1-2H3,(H,73,78)/b14-12-,20-18-,41-39+,49-47+. The van der Waals surface area contributed by atoms with Crippen molar-refractivity contribution in [3.63, 3.8) is 0 Å². The van der Waals surface area contributed by atoms with Crippen LogP contribution in [-0.4, -0.2) is 193 Å². The molecule has 3 fully saturated rings. The number of aliphatic hydroxyl groups excluding tert-OH is 11. The van der Waals surface area contributed by atoms with E-state index in [0.717, 1.165) is 77.0 Å². The van der Waals surface area contributed by atoms with Gasteiger partial charge in [0.1, 0.15) is 73.2 Å². The Morgan fingerprint density at radius 3 is 1.19 bits per heavy atom. The predicted octanol–water partition coefficient (Wildman–Crippen LogP) is 10.2. The molecule has 19 heteroatoms. The summed E-state index contributed by atoms with van der Waals surface area (Å²) in [6.07, 6.45) is 38.2. The van der Waals surface area contributed by atoms with E-state index in [1.807, 2.05) is 6.08 Å². The van der Waals surface area contributed by atoms with Gasteiger partial charge < -0.3 is 89.9 Å². The van der Waals surface area contributed by atoms with Crippen LogP contribution in [0.1, 0.15) is 271 Å². The first kappa shape index (κ1) is 83.0. The lowest BCUT2D eigenvalue weighted by molar-refractivity contribution is -0.379. The molecular formula is C72H131NO18. The Balaban J connectivity index is 1.42. The van der Waals surface area contributed by atoms with Gasteiger partial charge in [0.15, 0.2) is 18.9 Å². The van der Waals surface area contributed by atoms with Gasteiger partial charge in [0.25, 0.3) is 0 Å². The lowest BCUT2D eigenvalue weighted by Gasteiger charge is -2.48. The number of hydrogen-bond donors (Lipinski definition) is 12. The largest absolute Gasteiger partial charge is 0.394 e. The van der Waals surface area contributed by atoms with Gasteiger partial charge in [0.2, 0.25) is 5.91 Å². The highest BCUT2D eigenvalue weighted by molar-refractivity contribution is 5.76. The third-order valence-corrected chi connectivity index (χ3v) is 18.1. The molecule has 1 amide bonds. The summed E-state index contributed by atoms with van der Waals surface area (Å²) in [6, 6.07) is -0.996. The number of amides is 1. The van der Waals surface area contributed by atoms with Gasteiger partial charge in [0.05, 0.1) is 38.6 Å². The number of hydrogen-bond acceptors (Lipinski definition) is 18. The molecule has 0 aliphatic carbocycles. The van der Waals surface area contributed by atoms with Crippen LogP contribution >= 0.6 is 0 Å². The maximum absolute atomic E-state index is 13.4. The lowest BCUT2D eigenvalue weighted by atomic mass is 9.96. The van der Waals surface area contributed by atoms with Crippen molar-refractivity contribution in [3.8, 4) is 0 Å². The average molecular weight is 1300 g/mol. The molecule has 0 bridgehead atoms. The summed E-state index contributed by atoms with van der Waals surface area (Å²) in [7, 11) is 0. The number of unbranched alkanes of at least 4 members (excludes halogenated alkanes) is 34. The average Bonchev–Trinajstić information content (AvgIpc) is 0.885. The first-order chi connectivity index (χ1) is 44.3. The number of rotatable bonds is 56. The van der Waals surface area contributed by atoms with Crippen LogP contribution in [0.2, 0.25) is 0 Å². The molecule has 3 rings (SSSR count). The van der Waals surface area contributed by atoms with Crippen molar-refractivity contribution in [2.24, 2.45) is 0 Å². The molecule has 91 heavy (non-hydrogen) atoms. The van der Waals surface area contributed by atoms with E-state index in [2.05, 4.69) is 55.6 Å². The molecule has 17 atom stereocenters. The Morgan fingerprint density at radius 2 is 0.736 bits per heavy atom. The van der Waals surface area contributed by atoms with Crippen molar-refractivity contribution in [1.29, 1.82) is 0 Å². The number of aliphatic hydroxyl groups is 11. The van der Waals surface area contributed by atoms with Crippen molar-refractivity contribution < 1.29 is 89.4 Å². The molecule has 0 aromatic rings. The zero-order valence-electron chi connectivity index (χ0n) is 56.3. The van der Waals surface area contributed by atoms with E-state index < -0.39 is 124 Å². The zero-order valence-corrected chi connectivity index (χ0v) is 56.3. The molecule has 3 aliphatic rings. The third-order valence-electron chi connectivity index (χ3n) is 18.1. The van der Waals surface area contributed by atoms with E-state index in [4.69, 9.17) is 28.4 Å². The SMILES string of the molecule is CCCCC/C=C\C/C=C\CCCCCCCCCC(=O)NC(COC1OC(CO)C(OC2OC(CO)C(OC3OC(CO)C(O)C(O)C3O)C(O)C2O)C(O)C1O)C(O)/C=C/CC/C=C/CCCCCCCCCCCCCCCCCCCCCCCCC. The quantitative estimate of drug-likeness (QED) is 0.0199. The second-order valence-corrected chi connectivity index (χ2v) is 26.0. The summed E-state index contributed by atoms with van der Waals surface area (Å²) >= 11 is 0. The fraction of sp³-hybridized carbons (Fsp3) is 0.875. The summed E-state index contributed by atoms with van der Waals surface area (Å²) in [5.41, 5.74) is 0. The van der Waals surface area contributed by atoms with E-state index >= 15 is 0 Å². The Hall–Kier alpha value is -2.25. The molecule has 19 nitrogen and oxygen atoms in total. The lowest BCUT2D eigenvalue weighted by Crippen LogP contribution is -2.66. The minimum Gasteiger partial charge on any atom is -0.394 e. The first-order valence-corrected chi connectivity index (χ1v) is 36.4. The molecule has 3 heterocycles. The monoisotopic (exact) mass is 1300 g/mol. The van der Waals surface area contributed by atoms with Gasteiger partial charge in [-0.05, 0) is 64.2 Å². The molecule has 12 N–H and O–H groups in total. The van der Waals surface area contributed by atoms with Crippen LogP contribution < -0.4 is 5.32 Å². The Morgan fingerprint density at radius 1 is 0.396 bits per heavy atom. The fourth-order valence-corrected chi connectivity index (χ4v) is 12.2. The number of carbonyl (C=O) groups excluding carboxylic acids is 1. The summed E-state index contributed by atoms with van der Waals surface area (Å²) in [5.74, 6) is -0.292. The molecule has 3 aliphatic heterocycles. The summed E-state index contributed by atoms with van der Waals surface area (Å²) < 4.78 is 34.3. The normalized spacial score (nSPS) is 28.1. The maximum atomic E-state index is 13.4. The van der Waals surface area contributed by atoms with E-state index in [-0.39, 0.29) is 18.9 Å². The smallest absolute Gasteiger partial charge is 0.220 e. The van der Waals surface area contributed by atoms with Crippen molar-refractivity contribution >= 4 is 5.91 Å². The van der Waals surface area contributed by atoms with E-state index in [0.29, 0.717) is 12.8 Å². The van der Waals surface area contributed by atoms with E-state index in [1.165, 1.54) is 161 Å². The van der Waals surface area contributed by atoms with E-state index in [1.54, 1.807) is 6.08 Å². The molecule has 0 aromatic carbocycles. The summed E-state index contributed by atoms with van der Waals surface area (Å²) in [4.78, 5) is 13.4. The van der Waals surface area contributed by atoms with Crippen molar-refractivity contribution in [2.45, 2.75) is 375 Å². The second kappa shape index (κ2) is 53.8. The number of carbonyl (C=O) groups is 1. The minimum atomic E-state index is -1.98. The van der Waals surface area contributed by atoms with Gasteiger partial charge in [-0.25, -0.2) is 0 Å². The van der Waals surface area contributed by atoms with Crippen LogP contribution in [0.4, 0.5) is 0 Å². The summed E-state index contributed by atoms with van der Waals surface area (Å²) in [5, 5.41) is 121. The number of nitrogens with one attached hydrogen (secondary N) is 1. The van der Waals surface area contributed by atoms with Crippen LogP contribution in [0.5, 0.6) is 0 Å². The highest BCUT2D eigenvalue weighted by atomic mass is 16.8. The van der Waals surface area contributed by atoms with Gasteiger partial charge >= 0.3 is 0 Å². The van der Waals surface area contributed by atoms with Crippen LogP contribution in [-0.2, 0) is 33.2 Å². The van der Waals surface area contributed by atoms with Gasteiger partial charge in [0, 0.05) is 6.42 Å². The zero-order chi connectivity index (χ0) is 66.1. The number of allylic oxidation sites excluding steroid dienone is 7. The fourth-order valence-electron chi connectivity index (χ4n) is 12.2. The van der Waals surface area contributed by atoms with Crippen molar-refractivity contribution in [2.75, 3.05) is 26.4 Å². The molecule has 532 valence electrons. The first-order valence-electron chi connectivity index (χ1n) is 36.4. The van der Waals surface area contributed by atoms with Gasteiger partial charge in [-0.15, -0.1) is 0 Å². The molecule has 0 radical (unpaired) electrons. The van der Waals surface area contributed by atoms with Crippen LogP contribution in [0, 0.1) is 0 Å². The van der Waals surface area contributed by atoms with Gasteiger partial charge in [-0.1, -0.05) is 249 Å². The Kier molecular flexibility index (Phi) is 49.1. The molecule has 0 saturated carbocycles. The van der Waals surface area contributed by atoms with Crippen LogP contribution in [0.3, 0.4) is 0 Å². The van der Waals surface area contributed by atoms with Crippen LogP contribution in [0.25, 0.3) is 0 Å². The Bertz CT molecular complexity index is 1840. The van der Waals surface area contributed by atoms with Gasteiger partial charge in [-0.3, -0.25) is 4.79 Å². The molecule has 0 aromatic heterocycles. The highest BCUT2D eigenvalue weighted by Crippen LogP contribution is 2.33. The van der Waals surface area contributed by atoms with Crippen molar-refractivity contribution in [3.05, 3.63) is 48.6 Å². The maximum Gasteiger partial charge on any atom is 0.220 e. The van der Waals surface area contributed by atoms with Crippen molar-refractivity contribution in [1.82, 2.24) is 5.32 Å². The van der Waals surface area contributed by atoms with Gasteiger partial charge in [-0.2, -0.15) is 0 Å². The van der Waals surface area contributed by atoms with E-state index in [9.17, 15) is 61.0 Å². The predicted molar refractivity (Wildman–Crippen MR) is 356 cm³/mol. The Labute approximate surface area is 548 Å². The van der Waals surface area contributed by atoms with Crippen LogP contribution in [0.15, 0.2) is 48.6 Å². The topological polar surface area (TPSA) is 307 Å². The molecule has 0 spiro atoms. The second-order valence-electron chi connectivity index (χ2n) is 26.0. The number of ether oxygens (including phenoxy) is 6. The molecule has 17 unspecified atom stereocenters. The molecular weight excluding hydrogens is 1170 g/mol. The summed E-state index contributed by atoms with van der Waals surface area (Å²) in [6.45, 7) is 1.70. The molecule has 3 saturated heterocycles.